The molecule has 0 radical (unpaired) electrons. The van der Waals surface area contributed by atoms with E-state index in [0.29, 0.717) is 23.8 Å². The smallest absolute Gasteiger partial charge is 0.269 e. The highest BCUT2D eigenvalue weighted by molar-refractivity contribution is 7.80. The first-order chi connectivity index (χ1) is 10.9. The van der Waals surface area contributed by atoms with E-state index in [1.165, 1.54) is 17.1 Å². The number of nitrogens with zero attached hydrogens (tertiary/aromatic N) is 2. The highest BCUT2D eigenvalue weighted by Gasteiger charge is 2.10. The van der Waals surface area contributed by atoms with Gasteiger partial charge in [-0.15, -0.1) is 0 Å². The van der Waals surface area contributed by atoms with Crippen LogP contribution in [0, 0.1) is 10.1 Å². The average molecular weight is 340 g/mol. The van der Waals surface area contributed by atoms with Crippen LogP contribution in [0.5, 0.6) is 0 Å². The van der Waals surface area contributed by atoms with E-state index in [2.05, 4.69) is 10.7 Å². The summed E-state index contributed by atoms with van der Waals surface area (Å²) >= 11 is 5.14. The first-order valence-electron chi connectivity index (χ1n) is 6.97. The molecule has 0 aromatic heterocycles. The van der Waals surface area contributed by atoms with Gasteiger partial charge in [0.05, 0.1) is 11.3 Å². The summed E-state index contributed by atoms with van der Waals surface area (Å²) in [6.45, 7) is 1.28. The quantitative estimate of drug-likeness (QED) is 0.331. The van der Waals surface area contributed by atoms with Crippen molar-refractivity contribution < 1.29 is 14.5 Å². The van der Waals surface area contributed by atoms with E-state index >= 15 is 0 Å². The zero-order valence-corrected chi connectivity index (χ0v) is 13.9. The van der Waals surface area contributed by atoms with Crippen LogP contribution < -0.4 is 10.7 Å². The Balaban J connectivity index is 2.40. The van der Waals surface area contributed by atoms with Gasteiger partial charge >= 0.3 is 0 Å². The molecule has 0 bridgehead atoms. The number of ether oxygens (including phenoxy) is 1. The lowest BCUT2D eigenvalue weighted by Gasteiger charge is -2.21. The average Bonchev–Trinajstić information content (AvgIpc) is 2.51. The molecule has 0 unspecified atom stereocenters. The molecule has 0 aliphatic carbocycles. The first-order valence-corrected chi connectivity index (χ1v) is 7.38. The van der Waals surface area contributed by atoms with Crippen molar-refractivity contribution >= 4 is 28.9 Å². The Morgan fingerprint density at radius 2 is 2.04 bits per heavy atom. The molecule has 0 heterocycles. The molecule has 0 spiro atoms. The molecule has 1 amide bonds. The molecule has 1 rings (SSSR count). The first kappa shape index (κ1) is 18.8. The molecule has 0 aliphatic heterocycles. The Bertz CT molecular complexity index is 550. The van der Waals surface area contributed by atoms with Crippen molar-refractivity contribution in [1.82, 2.24) is 15.8 Å². The molecular weight excluding hydrogens is 320 g/mol. The molecule has 0 aliphatic rings. The third-order valence-electron chi connectivity index (χ3n) is 2.91. The van der Waals surface area contributed by atoms with Gasteiger partial charge in [0, 0.05) is 39.4 Å². The molecule has 2 N–H and O–H groups in total. The Kier molecular flexibility index (Phi) is 7.92. The number of hydrogen-bond acceptors (Lipinski definition) is 5. The van der Waals surface area contributed by atoms with Gasteiger partial charge in [0.15, 0.2) is 5.11 Å². The fourth-order valence-corrected chi connectivity index (χ4v) is 1.88. The van der Waals surface area contributed by atoms with Crippen LogP contribution in [0.3, 0.4) is 0 Å². The number of rotatable bonds is 7. The number of hydrogen-bond donors (Lipinski definition) is 2. The molecule has 126 valence electrons. The number of benzene rings is 1. The monoisotopic (exact) mass is 340 g/mol. The van der Waals surface area contributed by atoms with E-state index in [-0.39, 0.29) is 18.0 Å². The normalized spacial score (nSPS) is 10.0. The van der Waals surface area contributed by atoms with Crippen LogP contribution in [0.25, 0.3) is 0 Å². The van der Waals surface area contributed by atoms with Gasteiger partial charge in [-0.25, -0.2) is 0 Å². The molecule has 1 aromatic rings. The number of nitro benzene ring substituents is 1. The Morgan fingerprint density at radius 1 is 1.39 bits per heavy atom. The second-order valence-electron chi connectivity index (χ2n) is 4.77. The van der Waals surface area contributed by atoms with Crippen molar-refractivity contribution in [2.45, 2.75) is 12.8 Å². The van der Waals surface area contributed by atoms with E-state index < -0.39 is 4.92 Å². The van der Waals surface area contributed by atoms with Crippen LogP contribution in [-0.4, -0.2) is 48.3 Å². The summed E-state index contributed by atoms with van der Waals surface area (Å²) in [5, 5.41) is 15.4. The van der Waals surface area contributed by atoms with Gasteiger partial charge in [0.25, 0.3) is 5.69 Å². The van der Waals surface area contributed by atoms with Crippen LogP contribution in [0.2, 0.25) is 0 Å². The van der Waals surface area contributed by atoms with Gasteiger partial charge < -0.3 is 10.1 Å². The zero-order chi connectivity index (χ0) is 17.2. The van der Waals surface area contributed by atoms with Crippen molar-refractivity contribution in [3.05, 3.63) is 39.9 Å². The van der Waals surface area contributed by atoms with Crippen LogP contribution in [0.1, 0.15) is 12.0 Å². The summed E-state index contributed by atoms with van der Waals surface area (Å²) in [6, 6.07) is 5.85. The highest BCUT2D eigenvalue weighted by Crippen LogP contribution is 2.12. The lowest BCUT2D eigenvalue weighted by Crippen LogP contribution is -2.48. The molecule has 9 heteroatoms. The van der Waals surface area contributed by atoms with Crippen molar-refractivity contribution in [2.75, 3.05) is 27.3 Å². The number of nitro groups is 1. The van der Waals surface area contributed by atoms with Crippen LogP contribution in [-0.2, 0) is 16.0 Å². The largest absolute Gasteiger partial charge is 0.385 e. The summed E-state index contributed by atoms with van der Waals surface area (Å²) < 4.78 is 4.93. The Labute approximate surface area is 139 Å². The molecule has 0 fully saturated rings. The molecule has 8 nitrogen and oxygen atoms in total. The third kappa shape index (κ3) is 7.02. The lowest BCUT2D eigenvalue weighted by molar-refractivity contribution is -0.384. The number of carbonyl (C=O) groups excluding carboxylic acids is 1. The molecular formula is C14H20N4O4S. The summed E-state index contributed by atoms with van der Waals surface area (Å²) in [5.41, 5.74) is 3.31. The number of nitrogens with one attached hydrogen (secondary N) is 2. The van der Waals surface area contributed by atoms with Gasteiger partial charge in [-0.1, -0.05) is 12.1 Å². The minimum Gasteiger partial charge on any atom is -0.385 e. The van der Waals surface area contributed by atoms with E-state index in [1.807, 2.05) is 0 Å². The molecule has 23 heavy (non-hydrogen) atoms. The maximum Gasteiger partial charge on any atom is 0.269 e. The fraction of sp³-hybridized carbons (Fsp3) is 0.429. The second kappa shape index (κ2) is 9.70. The second-order valence-corrected chi connectivity index (χ2v) is 5.16. The van der Waals surface area contributed by atoms with E-state index in [4.69, 9.17) is 17.0 Å². The molecule has 0 saturated heterocycles. The Hall–Kier alpha value is -2.26. The number of carbonyl (C=O) groups is 1. The standard InChI is InChI=1S/C14H20N4O4S/c1-17(14(23)15-8-3-9-22-2)16-13(19)10-11-4-6-12(7-5-11)18(20)21/h4-7H,3,8-10H2,1-2H3,(H,15,23)(H,16,19). The van der Waals surface area contributed by atoms with Crippen molar-refractivity contribution in [2.24, 2.45) is 0 Å². The Morgan fingerprint density at radius 3 is 2.61 bits per heavy atom. The highest BCUT2D eigenvalue weighted by atomic mass is 32.1. The SMILES string of the molecule is COCCCNC(=S)N(C)NC(=O)Cc1ccc([N+](=O)[O-])cc1. The van der Waals surface area contributed by atoms with E-state index in [1.54, 1.807) is 26.3 Å². The summed E-state index contributed by atoms with van der Waals surface area (Å²) in [5.74, 6) is -0.262. The lowest BCUT2D eigenvalue weighted by atomic mass is 10.1. The van der Waals surface area contributed by atoms with Crippen molar-refractivity contribution in [3.8, 4) is 0 Å². The maximum absolute atomic E-state index is 11.9. The van der Waals surface area contributed by atoms with Crippen molar-refractivity contribution in [3.63, 3.8) is 0 Å². The zero-order valence-electron chi connectivity index (χ0n) is 13.1. The minimum absolute atomic E-state index is 0.00675. The van der Waals surface area contributed by atoms with Crippen LogP contribution in [0.15, 0.2) is 24.3 Å². The van der Waals surface area contributed by atoms with Gasteiger partial charge in [-0.3, -0.25) is 25.3 Å². The molecule has 0 atom stereocenters. The summed E-state index contributed by atoms with van der Waals surface area (Å²) in [6.07, 6.45) is 0.913. The summed E-state index contributed by atoms with van der Waals surface area (Å²) in [7, 11) is 3.27. The predicted octanol–water partition coefficient (Wildman–Crippen LogP) is 1.01. The predicted molar refractivity (Wildman–Crippen MR) is 89.8 cm³/mol. The number of amides is 1. The van der Waals surface area contributed by atoms with Gasteiger partial charge in [-0.2, -0.15) is 0 Å². The fourth-order valence-electron chi connectivity index (χ4n) is 1.73. The molecule has 0 saturated carbocycles. The maximum atomic E-state index is 11.9. The van der Waals surface area contributed by atoms with Crippen molar-refractivity contribution in [1.29, 1.82) is 0 Å². The van der Waals surface area contributed by atoms with E-state index in [9.17, 15) is 14.9 Å². The number of non-ortho nitro benzene ring substituents is 1. The van der Waals surface area contributed by atoms with Gasteiger partial charge in [0.2, 0.25) is 5.91 Å². The van der Waals surface area contributed by atoms with Crippen LogP contribution in [0.4, 0.5) is 5.69 Å². The topological polar surface area (TPSA) is 96.7 Å². The number of hydrazine groups is 1. The number of methoxy groups -OCH3 is 1. The molecule has 1 aromatic carbocycles. The van der Waals surface area contributed by atoms with Gasteiger partial charge in [-0.05, 0) is 24.2 Å². The number of thiocarbonyl (C=S) groups is 1. The van der Waals surface area contributed by atoms with Crippen LogP contribution >= 0.6 is 12.2 Å². The minimum atomic E-state index is -0.481. The summed E-state index contributed by atoms with van der Waals surface area (Å²) in [4.78, 5) is 22.0. The third-order valence-corrected chi connectivity index (χ3v) is 3.33. The van der Waals surface area contributed by atoms with Gasteiger partial charge in [0.1, 0.15) is 0 Å². The van der Waals surface area contributed by atoms with E-state index in [0.717, 1.165) is 6.42 Å².